The van der Waals surface area contributed by atoms with E-state index in [1.165, 1.54) is 5.56 Å². The molecule has 0 saturated heterocycles. The molecule has 0 bridgehead atoms. The average molecular weight is 718 g/mol. The van der Waals surface area contributed by atoms with Gasteiger partial charge in [0.25, 0.3) is 0 Å². The van der Waals surface area contributed by atoms with Crippen molar-refractivity contribution in [3.63, 3.8) is 0 Å². The first-order valence-electron chi connectivity index (χ1n) is 18.6. The second kappa shape index (κ2) is 13.0. The minimum atomic E-state index is 0.645. The Morgan fingerprint density at radius 2 is 0.929 bits per heavy atom. The van der Waals surface area contributed by atoms with Gasteiger partial charge in [-0.1, -0.05) is 164 Å². The fourth-order valence-electron chi connectivity index (χ4n) is 7.74. The normalized spacial score (nSPS) is 11.6. The highest BCUT2D eigenvalue weighted by atomic mass is 16.3. The second-order valence-electron chi connectivity index (χ2n) is 13.9. The molecule has 7 aromatic carbocycles. The van der Waals surface area contributed by atoms with E-state index in [0.717, 1.165) is 83.3 Å². The van der Waals surface area contributed by atoms with Crippen molar-refractivity contribution in [3.05, 3.63) is 188 Å². The molecule has 262 valence electrons. The Labute approximate surface area is 322 Å². The van der Waals surface area contributed by atoms with Crippen LogP contribution in [0.1, 0.15) is 0 Å². The molecule has 0 radical (unpaired) electrons. The van der Waals surface area contributed by atoms with Crippen LogP contribution >= 0.6 is 0 Å². The zero-order valence-corrected chi connectivity index (χ0v) is 30.0. The number of benzene rings is 7. The van der Waals surface area contributed by atoms with Crippen LogP contribution in [0.3, 0.4) is 0 Å². The van der Waals surface area contributed by atoms with Crippen molar-refractivity contribution in [2.45, 2.75) is 0 Å². The summed E-state index contributed by atoms with van der Waals surface area (Å²) in [6.45, 7) is 0. The summed E-state index contributed by atoms with van der Waals surface area (Å²) in [5.74, 6) is 2.06. The Morgan fingerprint density at radius 1 is 0.375 bits per heavy atom. The fourth-order valence-corrected chi connectivity index (χ4v) is 7.74. The molecule has 0 aliphatic heterocycles. The highest BCUT2D eigenvalue weighted by Crippen LogP contribution is 2.41. The monoisotopic (exact) mass is 717 g/mol. The molecule has 0 amide bonds. The van der Waals surface area contributed by atoms with Crippen molar-refractivity contribution >= 4 is 43.9 Å². The van der Waals surface area contributed by atoms with Gasteiger partial charge in [-0.2, -0.15) is 0 Å². The van der Waals surface area contributed by atoms with Crippen LogP contribution in [0.25, 0.3) is 106 Å². The molecule has 0 N–H and O–H groups in total. The maximum atomic E-state index is 6.74. The highest BCUT2D eigenvalue weighted by molar-refractivity contribution is 6.17. The highest BCUT2D eigenvalue weighted by Gasteiger charge is 2.22. The summed E-state index contributed by atoms with van der Waals surface area (Å²) in [6.07, 6.45) is 0. The van der Waals surface area contributed by atoms with Gasteiger partial charge in [0.2, 0.25) is 0 Å². The minimum absolute atomic E-state index is 0.645. The molecule has 0 spiro atoms. The zero-order valence-electron chi connectivity index (χ0n) is 30.0. The molecule has 4 aromatic heterocycles. The predicted molar refractivity (Wildman–Crippen MR) is 226 cm³/mol. The van der Waals surface area contributed by atoms with Gasteiger partial charge in [-0.25, -0.2) is 19.9 Å². The van der Waals surface area contributed by atoms with Crippen molar-refractivity contribution in [1.29, 1.82) is 0 Å². The predicted octanol–water partition coefficient (Wildman–Crippen LogP) is 12.6. The summed E-state index contributed by atoms with van der Waals surface area (Å²) < 4.78 is 8.98. The largest absolute Gasteiger partial charge is 0.452 e. The van der Waals surface area contributed by atoms with E-state index in [-0.39, 0.29) is 0 Å². The van der Waals surface area contributed by atoms with Crippen molar-refractivity contribution in [1.82, 2.24) is 24.5 Å². The molecule has 6 nitrogen and oxygen atoms in total. The lowest BCUT2D eigenvalue weighted by molar-refractivity contribution is 0.668. The molecule has 0 aliphatic carbocycles. The van der Waals surface area contributed by atoms with E-state index in [9.17, 15) is 0 Å². The molecule has 0 aliphatic rings. The molecule has 0 fully saturated rings. The average Bonchev–Trinajstić information content (AvgIpc) is 3.81. The zero-order chi connectivity index (χ0) is 37.0. The number of furan rings is 1. The lowest BCUT2D eigenvalue weighted by Crippen LogP contribution is -2.02. The second-order valence-corrected chi connectivity index (χ2v) is 13.9. The molecule has 6 heteroatoms. The van der Waals surface area contributed by atoms with Crippen LogP contribution in [0.5, 0.6) is 0 Å². The standard InChI is InChI=1S/C50H31N5O/c1-5-15-32(16-6-1)33-25-27-37(28-26-33)49-51-41(34-17-7-2-8-18-34)31-45(52-49)55-42-24-14-13-23-38(42)39-30-44-40(29-43(39)55)47-48(56-44)46(35-19-9-3-10-20-35)53-50(54-47)36-21-11-4-12-22-36/h1-31H. The summed E-state index contributed by atoms with van der Waals surface area (Å²) in [6, 6.07) is 64.4. The third-order valence-corrected chi connectivity index (χ3v) is 10.4. The Kier molecular flexibility index (Phi) is 7.38. The number of hydrogen-bond acceptors (Lipinski definition) is 5. The number of nitrogens with zero attached hydrogens (tertiary/aromatic N) is 5. The van der Waals surface area contributed by atoms with E-state index in [4.69, 9.17) is 24.4 Å². The van der Waals surface area contributed by atoms with E-state index >= 15 is 0 Å². The van der Waals surface area contributed by atoms with Gasteiger partial charge < -0.3 is 4.42 Å². The maximum absolute atomic E-state index is 6.74. The van der Waals surface area contributed by atoms with Gasteiger partial charge in [-0.05, 0) is 29.3 Å². The van der Waals surface area contributed by atoms with Gasteiger partial charge in [0.1, 0.15) is 22.6 Å². The van der Waals surface area contributed by atoms with Gasteiger partial charge in [0, 0.05) is 44.5 Å². The van der Waals surface area contributed by atoms with Crippen LogP contribution in [0.2, 0.25) is 0 Å². The van der Waals surface area contributed by atoms with Gasteiger partial charge >= 0.3 is 0 Å². The van der Waals surface area contributed by atoms with Gasteiger partial charge in [-0.3, -0.25) is 4.57 Å². The van der Waals surface area contributed by atoms with E-state index in [2.05, 4.69) is 120 Å². The van der Waals surface area contributed by atoms with Crippen molar-refractivity contribution in [3.8, 4) is 62.2 Å². The number of para-hydroxylation sites is 1. The van der Waals surface area contributed by atoms with Gasteiger partial charge in [-0.15, -0.1) is 0 Å². The number of hydrogen-bond donors (Lipinski definition) is 0. The lowest BCUT2D eigenvalue weighted by Gasteiger charge is -2.12. The van der Waals surface area contributed by atoms with E-state index in [1.807, 2.05) is 72.8 Å². The van der Waals surface area contributed by atoms with Crippen LogP contribution in [0, 0.1) is 0 Å². The van der Waals surface area contributed by atoms with E-state index in [1.54, 1.807) is 0 Å². The Morgan fingerprint density at radius 3 is 1.64 bits per heavy atom. The molecule has 11 rings (SSSR count). The Hall–Kier alpha value is -7.70. The number of rotatable bonds is 6. The molecule has 11 aromatic rings. The molecule has 56 heavy (non-hydrogen) atoms. The first-order chi connectivity index (χ1) is 27.7. The van der Waals surface area contributed by atoms with Crippen LogP contribution in [-0.4, -0.2) is 24.5 Å². The SMILES string of the molecule is c1ccc(-c2ccc(-c3nc(-c4ccccc4)cc(-n4c5ccccc5c5cc6oc7c(-c8ccccc8)nc(-c8ccccc8)nc7c6cc54)n3)cc2)cc1. The Balaban J connectivity index is 1.17. The molecular formula is C50H31N5O. The summed E-state index contributed by atoms with van der Waals surface area (Å²) in [5.41, 5.74) is 12.0. The smallest absolute Gasteiger partial charge is 0.180 e. The molecule has 0 saturated carbocycles. The molecule has 0 atom stereocenters. The Bertz CT molecular complexity index is 3210. The quantitative estimate of drug-likeness (QED) is 0.171. The fraction of sp³-hybridized carbons (Fsp3) is 0. The third-order valence-electron chi connectivity index (χ3n) is 10.4. The summed E-state index contributed by atoms with van der Waals surface area (Å²) in [4.78, 5) is 20.7. The number of aromatic nitrogens is 5. The molecule has 4 heterocycles. The third kappa shape index (κ3) is 5.35. The van der Waals surface area contributed by atoms with Gasteiger partial charge in [0.15, 0.2) is 17.2 Å². The summed E-state index contributed by atoms with van der Waals surface area (Å²) in [7, 11) is 0. The van der Waals surface area contributed by atoms with Crippen molar-refractivity contribution in [2.75, 3.05) is 0 Å². The van der Waals surface area contributed by atoms with E-state index < -0.39 is 0 Å². The van der Waals surface area contributed by atoms with Gasteiger partial charge in [0.05, 0.1) is 16.7 Å². The number of fused-ring (bicyclic) bond motifs is 6. The topological polar surface area (TPSA) is 69.6 Å². The van der Waals surface area contributed by atoms with Crippen LogP contribution in [0.15, 0.2) is 192 Å². The molecular weight excluding hydrogens is 687 g/mol. The first-order valence-corrected chi connectivity index (χ1v) is 18.6. The lowest BCUT2D eigenvalue weighted by atomic mass is 10.0. The van der Waals surface area contributed by atoms with Crippen molar-refractivity contribution < 1.29 is 4.42 Å². The van der Waals surface area contributed by atoms with E-state index in [0.29, 0.717) is 17.2 Å². The summed E-state index contributed by atoms with van der Waals surface area (Å²) in [5, 5.41) is 3.05. The van der Waals surface area contributed by atoms with Crippen LogP contribution in [-0.2, 0) is 0 Å². The summed E-state index contributed by atoms with van der Waals surface area (Å²) >= 11 is 0. The molecule has 0 unspecified atom stereocenters. The minimum Gasteiger partial charge on any atom is -0.452 e. The maximum Gasteiger partial charge on any atom is 0.180 e. The van der Waals surface area contributed by atoms with Crippen LogP contribution < -0.4 is 0 Å². The van der Waals surface area contributed by atoms with Crippen molar-refractivity contribution in [2.24, 2.45) is 0 Å². The first kappa shape index (κ1) is 31.8. The van der Waals surface area contributed by atoms with Crippen LogP contribution in [0.4, 0.5) is 0 Å².